The third-order valence-electron chi connectivity index (χ3n) is 3.92. The van der Waals surface area contributed by atoms with Gasteiger partial charge in [-0.05, 0) is 37.5 Å². The van der Waals surface area contributed by atoms with Gasteiger partial charge in [0.25, 0.3) is 0 Å². The minimum Gasteiger partial charge on any atom is -0.507 e. The first kappa shape index (κ1) is 15.3. The summed E-state index contributed by atoms with van der Waals surface area (Å²) in [4.78, 5) is 13.4. The van der Waals surface area contributed by atoms with Gasteiger partial charge in [-0.1, -0.05) is 28.8 Å². The molecular weight excluding hydrogens is 320 g/mol. The molecule has 5 heteroatoms. The van der Waals surface area contributed by atoms with Crippen LogP contribution in [0.2, 0.25) is 0 Å². The maximum atomic E-state index is 11.3. The second-order valence-corrected chi connectivity index (χ2v) is 6.46. The number of carbonyl (C=O) groups excluding carboxylic acids is 1. The number of nitrogens with zero attached hydrogens (tertiary/aromatic N) is 1. The Bertz CT molecular complexity index is 499. The number of aromatic hydroxyl groups is 1. The van der Waals surface area contributed by atoms with Gasteiger partial charge in [-0.25, -0.2) is 0 Å². The molecule has 1 amide bonds. The number of primary amides is 1. The van der Waals surface area contributed by atoms with Gasteiger partial charge in [-0.15, -0.1) is 0 Å². The van der Waals surface area contributed by atoms with E-state index in [0.29, 0.717) is 18.3 Å². The Labute approximate surface area is 128 Å². The van der Waals surface area contributed by atoms with Gasteiger partial charge in [0.1, 0.15) is 5.75 Å². The molecule has 0 bridgehead atoms. The fourth-order valence-electron chi connectivity index (χ4n) is 2.93. The molecular formula is C15H21BrN2O2. The number of carbonyl (C=O) groups is 1. The Morgan fingerprint density at radius 3 is 2.70 bits per heavy atom. The summed E-state index contributed by atoms with van der Waals surface area (Å²) < 4.78 is 0.938. The molecule has 20 heavy (non-hydrogen) atoms. The molecule has 0 saturated heterocycles. The number of nitrogens with two attached hydrogens (primary N) is 1. The van der Waals surface area contributed by atoms with Crippen LogP contribution in [0.5, 0.6) is 5.75 Å². The zero-order valence-electron chi connectivity index (χ0n) is 11.7. The largest absolute Gasteiger partial charge is 0.507 e. The van der Waals surface area contributed by atoms with Gasteiger partial charge >= 0.3 is 0 Å². The number of phenols is 1. The average Bonchev–Trinajstić information content (AvgIpc) is 2.87. The molecule has 0 aromatic heterocycles. The molecule has 0 heterocycles. The lowest BCUT2D eigenvalue weighted by molar-refractivity contribution is -0.119. The maximum Gasteiger partial charge on any atom is 0.231 e. The first-order valence-corrected chi connectivity index (χ1v) is 7.77. The van der Waals surface area contributed by atoms with E-state index >= 15 is 0 Å². The Morgan fingerprint density at radius 2 is 2.10 bits per heavy atom. The van der Waals surface area contributed by atoms with Crippen molar-refractivity contribution < 1.29 is 9.90 Å². The maximum absolute atomic E-state index is 11.3. The summed E-state index contributed by atoms with van der Waals surface area (Å²) in [5.74, 6) is -0.0104. The highest BCUT2D eigenvalue weighted by molar-refractivity contribution is 9.10. The Kier molecular flexibility index (Phi) is 5.05. The van der Waals surface area contributed by atoms with E-state index in [1.54, 1.807) is 0 Å². The van der Waals surface area contributed by atoms with Crippen molar-refractivity contribution in [3.63, 3.8) is 0 Å². The number of halogens is 1. The van der Waals surface area contributed by atoms with E-state index in [4.69, 9.17) is 5.73 Å². The van der Waals surface area contributed by atoms with Crippen molar-refractivity contribution in [2.75, 3.05) is 6.54 Å². The van der Waals surface area contributed by atoms with Crippen molar-refractivity contribution in [1.82, 2.24) is 4.90 Å². The third-order valence-corrected chi connectivity index (χ3v) is 4.38. The van der Waals surface area contributed by atoms with Gasteiger partial charge in [0.2, 0.25) is 5.91 Å². The molecule has 4 nitrogen and oxygen atoms in total. The summed E-state index contributed by atoms with van der Waals surface area (Å²) in [6.07, 6.45) is 4.59. The van der Waals surface area contributed by atoms with Crippen LogP contribution in [-0.2, 0) is 11.3 Å². The fourth-order valence-corrected chi connectivity index (χ4v) is 3.55. The van der Waals surface area contributed by atoms with Gasteiger partial charge in [0.05, 0.1) is 6.54 Å². The number of hydrogen-bond acceptors (Lipinski definition) is 3. The summed E-state index contributed by atoms with van der Waals surface area (Å²) in [6.45, 7) is 2.67. The summed E-state index contributed by atoms with van der Waals surface area (Å²) >= 11 is 3.45. The fraction of sp³-hybridized carbons (Fsp3) is 0.533. The lowest BCUT2D eigenvalue weighted by atomic mass is 10.1. The Balaban J connectivity index is 2.20. The van der Waals surface area contributed by atoms with E-state index < -0.39 is 0 Å². The number of aryl methyl sites for hydroxylation is 1. The standard InChI is InChI=1S/C15H21BrN2O2/c1-10-6-12(16)7-11(15(10)20)8-18(9-14(17)19)13-4-2-3-5-13/h6-7,13,20H,2-5,8-9H2,1H3,(H2,17,19). The third kappa shape index (κ3) is 3.73. The van der Waals surface area contributed by atoms with Crippen molar-refractivity contribution in [2.45, 2.75) is 45.2 Å². The molecule has 110 valence electrons. The van der Waals surface area contributed by atoms with E-state index in [1.807, 2.05) is 19.1 Å². The van der Waals surface area contributed by atoms with Gasteiger partial charge in [-0.2, -0.15) is 0 Å². The topological polar surface area (TPSA) is 66.6 Å². The molecule has 0 unspecified atom stereocenters. The van der Waals surface area contributed by atoms with E-state index in [1.165, 1.54) is 12.8 Å². The summed E-state index contributed by atoms with van der Waals surface area (Å²) in [7, 11) is 0. The SMILES string of the molecule is Cc1cc(Br)cc(CN(CC(N)=O)C2CCCC2)c1O. The quantitative estimate of drug-likeness (QED) is 0.865. The predicted molar refractivity (Wildman–Crippen MR) is 82.4 cm³/mol. The van der Waals surface area contributed by atoms with E-state index in [2.05, 4.69) is 20.8 Å². The lowest BCUT2D eigenvalue weighted by Crippen LogP contribution is -2.39. The molecule has 1 aromatic carbocycles. The van der Waals surface area contributed by atoms with Crippen LogP contribution in [0.15, 0.2) is 16.6 Å². The minimum absolute atomic E-state index is 0.246. The van der Waals surface area contributed by atoms with Gasteiger partial charge in [0, 0.05) is 22.6 Å². The molecule has 0 spiro atoms. The number of benzene rings is 1. The Hall–Kier alpha value is -1.07. The molecule has 1 fully saturated rings. The van der Waals surface area contributed by atoms with Gasteiger partial charge in [0.15, 0.2) is 0 Å². The molecule has 0 atom stereocenters. The van der Waals surface area contributed by atoms with Crippen LogP contribution in [-0.4, -0.2) is 28.5 Å². The Morgan fingerprint density at radius 1 is 1.45 bits per heavy atom. The second kappa shape index (κ2) is 6.59. The van der Waals surface area contributed by atoms with E-state index in [-0.39, 0.29) is 12.5 Å². The number of rotatable bonds is 5. The first-order valence-electron chi connectivity index (χ1n) is 6.97. The second-order valence-electron chi connectivity index (χ2n) is 5.54. The molecule has 1 aliphatic carbocycles. The zero-order chi connectivity index (χ0) is 14.7. The summed E-state index contributed by atoms with van der Waals surface area (Å²) in [5.41, 5.74) is 7.03. The smallest absolute Gasteiger partial charge is 0.231 e. The number of hydrogen-bond donors (Lipinski definition) is 2. The molecule has 1 aromatic rings. The minimum atomic E-state index is -0.317. The van der Waals surface area contributed by atoms with Crippen LogP contribution in [0.1, 0.15) is 36.8 Å². The highest BCUT2D eigenvalue weighted by atomic mass is 79.9. The summed E-state index contributed by atoms with van der Waals surface area (Å²) in [6, 6.07) is 4.18. The van der Waals surface area contributed by atoms with Crippen LogP contribution in [0.3, 0.4) is 0 Å². The highest BCUT2D eigenvalue weighted by Gasteiger charge is 2.24. The van der Waals surface area contributed by atoms with Crippen LogP contribution < -0.4 is 5.73 Å². The van der Waals surface area contributed by atoms with E-state index in [9.17, 15) is 9.90 Å². The monoisotopic (exact) mass is 340 g/mol. The van der Waals surface area contributed by atoms with Crippen molar-refractivity contribution >= 4 is 21.8 Å². The van der Waals surface area contributed by atoms with Gasteiger partial charge in [-0.3, -0.25) is 9.69 Å². The number of amides is 1. The predicted octanol–water partition coefficient (Wildman–Crippen LogP) is 2.69. The molecule has 1 aliphatic rings. The van der Waals surface area contributed by atoms with Crippen LogP contribution in [0.4, 0.5) is 0 Å². The summed E-state index contributed by atoms with van der Waals surface area (Å²) in [5, 5.41) is 10.2. The molecule has 3 N–H and O–H groups in total. The van der Waals surface area contributed by atoms with Crippen molar-refractivity contribution in [2.24, 2.45) is 5.73 Å². The lowest BCUT2D eigenvalue weighted by Gasteiger charge is -2.28. The molecule has 1 saturated carbocycles. The average molecular weight is 341 g/mol. The van der Waals surface area contributed by atoms with Crippen molar-refractivity contribution in [1.29, 1.82) is 0 Å². The highest BCUT2D eigenvalue weighted by Crippen LogP contribution is 2.30. The molecule has 0 radical (unpaired) electrons. The first-order chi connectivity index (χ1) is 9.47. The number of phenolic OH excluding ortho intramolecular Hbond substituents is 1. The normalized spacial score (nSPS) is 15.9. The van der Waals surface area contributed by atoms with E-state index in [0.717, 1.165) is 28.4 Å². The molecule has 0 aliphatic heterocycles. The zero-order valence-corrected chi connectivity index (χ0v) is 13.3. The van der Waals surface area contributed by atoms with Crippen molar-refractivity contribution in [3.05, 3.63) is 27.7 Å². The van der Waals surface area contributed by atoms with Crippen molar-refractivity contribution in [3.8, 4) is 5.75 Å². The van der Waals surface area contributed by atoms with Crippen LogP contribution in [0.25, 0.3) is 0 Å². The molecule has 2 rings (SSSR count). The van der Waals surface area contributed by atoms with Crippen LogP contribution in [0, 0.1) is 6.92 Å². The van der Waals surface area contributed by atoms with Gasteiger partial charge < -0.3 is 10.8 Å². The van der Waals surface area contributed by atoms with Crippen LogP contribution >= 0.6 is 15.9 Å².